The van der Waals surface area contributed by atoms with Gasteiger partial charge in [-0.05, 0) is 24.6 Å². The van der Waals surface area contributed by atoms with Crippen LogP contribution in [0, 0.1) is 17.5 Å². The summed E-state index contributed by atoms with van der Waals surface area (Å²) in [4.78, 5) is 52.9. The number of anilines is 1. The van der Waals surface area contributed by atoms with Crippen molar-refractivity contribution in [2.75, 3.05) is 31.1 Å². The number of amides is 2. The van der Waals surface area contributed by atoms with Gasteiger partial charge in [0.25, 0.3) is 0 Å². The van der Waals surface area contributed by atoms with Gasteiger partial charge in [-0.2, -0.15) is 0 Å². The van der Waals surface area contributed by atoms with Gasteiger partial charge in [0.05, 0.1) is 30.4 Å². The van der Waals surface area contributed by atoms with Gasteiger partial charge in [-0.3, -0.25) is 19.0 Å². The van der Waals surface area contributed by atoms with E-state index in [1.165, 1.54) is 4.90 Å². The topological polar surface area (TPSA) is 169 Å². The predicted octanol–water partition coefficient (Wildman–Crippen LogP) is 0.630. The van der Waals surface area contributed by atoms with Crippen molar-refractivity contribution in [3.8, 4) is 11.4 Å². The lowest BCUT2D eigenvalue weighted by Gasteiger charge is -2.20. The summed E-state index contributed by atoms with van der Waals surface area (Å²) in [5.74, 6) is -4.81. The van der Waals surface area contributed by atoms with Gasteiger partial charge < -0.3 is 31.1 Å². The van der Waals surface area contributed by atoms with Crippen molar-refractivity contribution < 1.29 is 37.4 Å². The normalized spacial score (nSPS) is 14.9. The Kier molecular flexibility index (Phi) is 7.47. The summed E-state index contributed by atoms with van der Waals surface area (Å²) in [6, 6.07) is 2.95. The number of nitrogens with one attached hydrogen (secondary N) is 2. The summed E-state index contributed by atoms with van der Waals surface area (Å²) in [5.41, 5.74) is 3.62. The summed E-state index contributed by atoms with van der Waals surface area (Å²) in [6.45, 7) is -0.175. The zero-order chi connectivity index (χ0) is 27.6. The van der Waals surface area contributed by atoms with Gasteiger partial charge >= 0.3 is 6.16 Å². The minimum atomic E-state index is -1.83. The average Bonchev–Trinajstić information content (AvgIpc) is 3.32. The van der Waals surface area contributed by atoms with Crippen molar-refractivity contribution in [1.82, 2.24) is 20.2 Å². The SMILES string of the molecule is NCC(=O)NCC(=O)NC1CCN(c2nc3c(cc2F)c(=O)c(OC(=O)O)cn3-c2ccc(F)cc2F)C1. The van der Waals surface area contributed by atoms with Crippen molar-refractivity contribution in [3.05, 3.63) is 58.1 Å². The summed E-state index contributed by atoms with van der Waals surface area (Å²) in [6.07, 6.45) is -0.558. The predicted molar refractivity (Wildman–Crippen MR) is 127 cm³/mol. The number of benzene rings is 1. The van der Waals surface area contributed by atoms with Crippen LogP contribution in [0.3, 0.4) is 0 Å². The number of fused-ring (bicyclic) bond motifs is 1. The molecule has 2 aromatic heterocycles. The summed E-state index contributed by atoms with van der Waals surface area (Å²) < 4.78 is 48.8. The fourth-order valence-electron chi connectivity index (χ4n) is 4.04. The van der Waals surface area contributed by atoms with Crippen LogP contribution in [0.1, 0.15) is 6.42 Å². The number of hydrogen-bond acceptors (Lipinski definition) is 8. The monoisotopic (exact) mass is 534 g/mol. The number of carbonyl (C=O) groups is 3. The lowest BCUT2D eigenvalue weighted by Crippen LogP contribution is -2.44. The number of halogens is 3. The molecular formula is C23H21F3N6O6. The maximum atomic E-state index is 15.2. The van der Waals surface area contributed by atoms with E-state index in [1.807, 2.05) is 0 Å². The van der Waals surface area contributed by atoms with Crippen LogP contribution in [-0.4, -0.2) is 64.8 Å². The van der Waals surface area contributed by atoms with E-state index in [0.29, 0.717) is 12.5 Å². The van der Waals surface area contributed by atoms with Gasteiger partial charge in [0.1, 0.15) is 11.6 Å². The van der Waals surface area contributed by atoms with Gasteiger partial charge in [0.15, 0.2) is 23.0 Å². The fourth-order valence-corrected chi connectivity index (χ4v) is 4.04. The van der Waals surface area contributed by atoms with Crippen LogP contribution in [0.4, 0.5) is 23.8 Å². The first-order valence-corrected chi connectivity index (χ1v) is 11.2. The molecule has 1 aliphatic rings. The Bertz CT molecular complexity index is 1500. The molecule has 0 spiro atoms. The zero-order valence-corrected chi connectivity index (χ0v) is 19.5. The van der Waals surface area contributed by atoms with E-state index < -0.39 is 58.0 Å². The molecule has 38 heavy (non-hydrogen) atoms. The molecule has 0 saturated carbocycles. The second kappa shape index (κ2) is 10.8. The molecule has 1 aromatic carbocycles. The van der Waals surface area contributed by atoms with Crippen LogP contribution in [0.15, 0.2) is 35.3 Å². The molecule has 1 saturated heterocycles. The highest BCUT2D eigenvalue weighted by Gasteiger charge is 2.28. The smallest absolute Gasteiger partial charge is 0.449 e. The van der Waals surface area contributed by atoms with Gasteiger partial charge in [0.2, 0.25) is 17.2 Å². The first kappa shape index (κ1) is 26.4. The summed E-state index contributed by atoms with van der Waals surface area (Å²) >= 11 is 0. The van der Waals surface area contributed by atoms with Gasteiger partial charge in [-0.25, -0.2) is 22.9 Å². The van der Waals surface area contributed by atoms with Crippen molar-refractivity contribution in [2.24, 2.45) is 5.73 Å². The number of nitrogens with two attached hydrogens (primary N) is 1. The molecule has 1 aliphatic heterocycles. The first-order chi connectivity index (χ1) is 18.1. The van der Waals surface area contributed by atoms with Gasteiger partial charge in [-0.15, -0.1) is 0 Å². The minimum absolute atomic E-state index is 0.126. The second-order valence-electron chi connectivity index (χ2n) is 8.30. The lowest BCUT2D eigenvalue weighted by atomic mass is 10.2. The molecule has 4 rings (SSSR count). The number of nitrogens with zero attached hydrogens (tertiary/aromatic N) is 3. The van der Waals surface area contributed by atoms with Crippen LogP contribution >= 0.6 is 0 Å². The Morgan fingerprint density at radius 3 is 2.61 bits per heavy atom. The maximum Gasteiger partial charge on any atom is 0.511 e. The Balaban J connectivity index is 1.71. The molecule has 1 atom stereocenters. The van der Waals surface area contributed by atoms with E-state index in [4.69, 9.17) is 10.8 Å². The van der Waals surface area contributed by atoms with Crippen LogP contribution in [0.5, 0.6) is 5.75 Å². The quantitative estimate of drug-likeness (QED) is 0.318. The van der Waals surface area contributed by atoms with Crippen molar-refractivity contribution in [2.45, 2.75) is 12.5 Å². The largest absolute Gasteiger partial charge is 0.511 e. The fraction of sp³-hybridized carbons (Fsp3) is 0.261. The molecule has 15 heteroatoms. The highest BCUT2D eigenvalue weighted by Crippen LogP contribution is 2.28. The molecule has 0 aliphatic carbocycles. The molecule has 200 valence electrons. The Morgan fingerprint density at radius 1 is 1.16 bits per heavy atom. The Morgan fingerprint density at radius 2 is 1.92 bits per heavy atom. The maximum absolute atomic E-state index is 15.2. The number of pyridine rings is 2. The molecule has 3 heterocycles. The van der Waals surface area contributed by atoms with Crippen LogP contribution in [0.2, 0.25) is 0 Å². The molecule has 2 amide bonds. The number of rotatable bonds is 7. The standard InChI is InChI=1S/C23H21F3N6O6/c24-11-1-2-16(14(25)5-11)32-10-17(38-23(36)37)20(35)13-6-15(26)22(30-21(13)32)31-4-3-12(9-31)29-19(34)8-28-18(33)7-27/h1-2,5-6,10,12H,3-4,7-9,27H2,(H,28,33)(H,29,34)(H,36,37). The number of aromatic nitrogens is 2. The highest BCUT2D eigenvalue weighted by molar-refractivity contribution is 5.85. The van der Waals surface area contributed by atoms with E-state index in [0.717, 1.165) is 29.0 Å². The molecule has 12 nitrogen and oxygen atoms in total. The van der Waals surface area contributed by atoms with E-state index in [9.17, 15) is 28.0 Å². The molecule has 0 radical (unpaired) electrons. The summed E-state index contributed by atoms with van der Waals surface area (Å²) in [7, 11) is 0. The number of carboxylic acid groups (broad SMARTS) is 1. The molecule has 1 unspecified atom stereocenters. The van der Waals surface area contributed by atoms with Gasteiger partial charge in [-0.1, -0.05) is 0 Å². The van der Waals surface area contributed by atoms with Gasteiger partial charge in [0, 0.05) is 25.2 Å². The summed E-state index contributed by atoms with van der Waals surface area (Å²) in [5, 5.41) is 13.6. The van der Waals surface area contributed by atoms with Crippen molar-refractivity contribution in [3.63, 3.8) is 0 Å². The number of hydrogen-bond donors (Lipinski definition) is 4. The third-order valence-corrected chi connectivity index (χ3v) is 5.73. The van der Waals surface area contributed by atoms with Crippen molar-refractivity contribution in [1.29, 1.82) is 0 Å². The van der Waals surface area contributed by atoms with Crippen LogP contribution in [0.25, 0.3) is 16.7 Å². The van der Waals surface area contributed by atoms with E-state index >= 15 is 4.39 Å². The third-order valence-electron chi connectivity index (χ3n) is 5.73. The van der Waals surface area contributed by atoms with Crippen LogP contribution in [-0.2, 0) is 9.59 Å². The number of ether oxygens (including phenoxy) is 1. The minimum Gasteiger partial charge on any atom is -0.449 e. The zero-order valence-electron chi connectivity index (χ0n) is 19.5. The number of carbonyl (C=O) groups excluding carboxylic acids is 2. The molecule has 3 aromatic rings. The average molecular weight is 534 g/mol. The molecule has 1 fully saturated rings. The molecule has 0 bridgehead atoms. The Hall–Kier alpha value is -4.66. The first-order valence-electron chi connectivity index (χ1n) is 11.2. The lowest BCUT2D eigenvalue weighted by molar-refractivity contribution is -0.125. The van der Waals surface area contributed by atoms with Crippen LogP contribution < -0.4 is 31.4 Å². The molecule has 5 N–H and O–H groups in total. The van der Waals surface area contributed by atoms with E-state index in [2.05, 4.69) is 20.4 Å². The Labute approximate surface area is 211 Å². The van der Waals surface area contributed by atoms with Crippen molar-refractivity contribution >= 4 is 34.8 Å². The third kappa shape index (κ3) is 5.51. The second-order valence-corrected chi connectivity index (χ2v) is 8.30. The van der Waals surface area contributed by atoms with E-state index in [1.54, 1.807) is 0 Å². The van der Waals surface area contributed by atoms with E-state index in [-0.39, 0.29) is 43.3 Å². The molecular weight excluding hydrogens is 513 g/mol. The highest BCUT2D eigenvalue weighted by atomic mass is 19.1.